The highest BCUT2D eigenvalue weighted by molar-refractivity contribution is 6.33. The van der Waals surface area contributed by atoms with Gasteiger partial charge in [0.1, 0.15) is 23.9 Å². The number of rotatable bonds is 21. The number of anilines is 1. The molecule has 4 aromatic rings. The normalized spacial score (nSPS) is 18.5. The van der Waals surface area contributed by atoms with Gasteiger partial charge in [-0.3, -0.25) is 0 Å². The van der Waals surface area contributed by atoms with Crippen molar-refractivity contribution in [3.63, 3.8) is 0 Å². The standard InChI is InChI=1S/C39H53ClN6O7/c1-38(2)35(11-12-39(38,3)42)45-36-31(37(41)44-33-10-7-29(47)24-32(33)40)25-43-46-26-28(23-34(36)46)27-5-8-30(9-6-27)53-22-21-52-20-19-51-18-17-50-16-15-49-14-13-48-4/h5-10,23-26,35,45,47H,11-22,42H2,1-4H3,(H2,41,44)/t35-,39+/m1/s1. The quantitative estimate of drug-likeness (QED) is 0.0461. The molecule has 0 aliphatic heterocycles. The molecule has 13 nitrogen and oxygen atoms in total. The number of aromatic nitrogens is 2. The zero-order valence-electron chi connectivity index (χ0n) is 31.1. The minimum absolute atomic E-state index is 0.0488. The van der Waals surface area contributed by atoms with E-state index < -0.39 is 0 Å². The van der Waals surface area contributed by atoms with Gasteiger partial charge in [0.2, 0.25) is 0 Å². The van der Waals surface area contributed by atoms with E-state index in [0.29, 0.717) is 77.3 Å². The molecule has 2 heterocycles. The minimum Gasteiger partial charge on any atom is -0.508 e. The number of phenolic OH excluding ortho intramolecular Hbond substituents is 1. The van der Waals surface area contributed by atoms with Crippen molar-refractivity contribution in [3.8, 4) is 22.6 Å². The third-order valence-corrected chi connectivity index (χ3v) is 10.2. The number of methoxy groups -OCH3 is 1. The summed E-state index contributed by atoms with van der Waals surface area (Å²) in [6, 6.07) is 14.6. The summed E-state index contributed by atoms with van der Waals surface area (Å²) in [5.41, 5.74) is 17.5. The molecule has 2 aromatic heterocycles. The zero-order chi connectivity index (χ0) is 37.8. The number of nitrogens with two attached hydrogens (primary N) is 2. The Hall–Kier alpha value is -3.95. The fourth-order valence-corrected chi connectivity index (χ4v) is 6.37. The first kappa shape index (κ1) is 40.2. The summed E-state index contributed by atoms with van der Waals surface area (Å²) in [5.74, 6) is 1.03. The Morgan fingerprint density at radius 2 is 1.53 bits per heavy atom. The van der Waals surface area contributed by atoms with E-state index in [0.717, 1.165) is 40.9 Å². The van der Waals surface area contributed by atoms with Gasteiger partial charge in [0.15, 0.2) is 0 Å². The van der Waals surface area contributed by atoms with E-state index in [9.17, 15) is 5.11 Å². The number of halogens is 1. The SMILES string of the molecule is COCCOCCOCCOCCOCCOc1ccc(-c2cc3c(N[C@@H]4CC[C@](C)(N)C4(C)C)c(C(N)=Nc4ccc(O)cc4Cl)cnn3c2)cc1. The van der Waals surface area contributed by atoms with Crippen molar-refractivity contribution >= 4 is 34.3 Å². The van der Waals surface area contributed by atoms with Crippen molar-refractivity contribution in [1.29, 1.82) is 0 Å². The van der Waals surface area contributed by atoms with Crippen LogP contribution in [0, 0.1) is 5.41 Å². The lowest BCUT2D eigenvalue weighted by atomic mass is 9.75. The first-order chi connectivity index (χ1) is 25.5. The number of aliphatic imine (C=N–C) groups is 1. The maximum atomic E-state index is 9.82. The molecule has 0 saturated heterocycles. The molecule has 5 rings (SSSR count). The van der Waals surface area contributed by atoms with Gasteiger partial charge in [0.25, 0.3) is 0 Å². The molecular formula is C39H53ClN6O7. The molecule has 0 amide bonds. The molecule has 0 radical (unpaired) electrons. The molecule has 1 aliphatic carbocycles. The number of ether oxygens (including phenoxy) is 6. The smallest absolute Gasteiger partial charge is 0.135 e. The fourth-order valence-electron chi connectivity index (χ4n) is 6.16. The maximum Gasteiger partial charge on any atom is 0.135 e. The van der Waals surface area contributed by atoms with E-state index in [1.807, 2.05) is 35.0 Å². The van der Waals surface area contributed by atoms with E-state index >= 15 is 0 Å². The highest BCUT2D eigenvalue weighted by Crippen LogP contribution is 2.46. The van der Waals surface area contributed by atoms with E-state index in [-0.39, 0.29) is 33.6 Å². The number of fused-ring (bicyclic) bond motifs is 1. The second-order valence-electron chi connectivity index (χ2n) is 13.8. The van der Waals surface area contributed by atoms with E-state index in [1.54, 1.807) is 19.4 Å². The lowest BCUT2D eigenvalue weighted by molar-refractivity contribution is -0.00978. The van der Waals surface area contributed by atoms with Crippen LogP contribution in [0.4, 0.5) is 11.4 Å². The van der Waals surface area contributed by atoms with Crippen LogP contribution in [0.3, 0.4) is 0 Å². The summed E-state index contributed by atoms with van der Waals surface area (Å²) in [4.78, 5) is 4.62. The molecule has 2 aromatic carbocycles. The van der Waals surface area contributed by atoms with Crippen molar-refractivity contribution in [2.45, 2.75) is 45.2 Å². The predicted octanol–water partition coefficient (Wildman–Crippen LogP) is 5.81. The lowest BCUT2D eigenvalue weighted by Gasteiger charge is -2.39. The third-order valence-electron chi connectivity index (χ3n) is 9.93. The Morgan fingerprint density at radius 3 is 2.11 bits per heavy atom. The second-order valence-corrected chi connectivity index (χ2v) is 14.2. The molecule has 14 heteroatoms. The topological polar surface area (TPSA) is 169 Å². The van der Waals surface area contributed by atoms with Crippen LogP contribution < -0.4 is 21.5 Å². The second kappa shape index (κ2) is 18.9. The average Bonchev–Trinajstić information content (AvgIpc) is 3.65. The summed E-state index contributed by atoms with van der Waals surface area (Å²) in [5, 5.41) is 18.6. The van der Waals surface area contributed by atoms with Gasteiger partial charge in [-0.2, -0.15) is 5.10 Å². The minimum atomic E-state index is -0.346. The van der Waals surface area contributed by atoms with Crippen LogP contribution in [0.1, 0.15) is 39.2 Å². The van der Waals surface area contributed by atoms with Crippen LogP contribution in [0.25, 0.3) is 16.6 Å². The Bertz CT molecular complexity index is 1800. The van der Waals surface area contributed by atoms with Crippen molar-refractivity contribution in [1.82, 2.24) is 9.61 Å². The van der Waals surface area contributed by atoms with Gasteiger partial charge in [-0.15, -0.1) is 0 Å². The largest absolute Gasteiger partial charge is 0.508 e. The Labute approximate surface area is 316 Å². The van der Waals surface area contributed by atoms with Gasteiger partial charge in [0.05, 0.1) is 93.1 Å². The maximum absolute atomic E-state index is 9.82. The van der Waals surface area contributed by atoms with Gasteiger partial charge in [0, 0.05) is 41.9 Å². The summed E-state index contributed by atoms with van der Waals surface area (Å²) in [6.45, 7) is 11.5. The molecule has 0 spiro atoms. The van der Waals surface area contributed by atoms with Gasteiger partial charge in [-0.25, -0.2) is 9.51 Å². The number of nitrogens with one attached hydrogen (secondary N) is 1. The van der Waals surface area contributed by atoms with Crippen LogP contribution in [-0.2, 0) is 23.7 Å². The van der Waals surface area contributed by atoms with Gasteiger partial charge in [-0.1, -0.05) is 37.6 Å². The summed E-state index contributed by atoms with van der Waals surface area (Å²) >= 11 is 6.37. The van der Waals surface area contributed by atoms with Crippen molar-refractivity contribution < 1.29 is 33.5 Å². The van der Waals surface area contributed by atoms with Gasteiger partial charge < -0.3 is 50.3 Å². The Morgan fingerprint density at radius 1 is 0.906 bits per heavy atom. The molecule has 1 aliphatic rings. The Kier molecular flexibility index (Phi) is 14.3. The number of benzene rings is 2. The monoisotopic (exact) mass is 752 g/mol. The summed E-state index contributed by atoms with van der Waals surface area (Å²) in [6.07, 6.45) is 5.47. The molecule has 0 unspecified atom stereocenters. The number of hydrogen-bond acceptors (Lipinski definition) is 11. The number of hydrogen-bond donors (Lipinski definition) is 4. The molecular weight excluding hydrogens is 700 g/mol. The predicted molar refractivity (Wildman–Crippen MR) is 208 cm³/mol. The third kappa shape index (κ3) is 10.6. The lowest BCUT2D eigenvalue weighted by Crippen LogP contribution is -2.51. The molecule has 288 valence electrons. The van der Waals surface area contributed by atoms with Gasteiger partial charge in [-0.05, 0) is 55.7 Å². The summed E-state index contributed by atoms with van der Waals surface area (Å²) in [7, 11) is 1.64. The van der Waals surface area contributed by atoms with Crippen LogP contribution in [0.5, 0.6) is 11.5 Å². The van der Waals surface area contributed by atoms with Crippen LogP contribution >= 0.6 is 11.6 Å². The van der Waals surface area contributed by atoms with Crippen LogP contribution in [-0.4, -0.2) is 105 Å². The van der Waals surface area contributed by atoms with Crippen LogP contribution in [0.15, 0.2) is 65.9 Å². The first-order valence-corrected chi connectivity index (χ1v) is 18.3. The number of phenols is 1. The van der Waals surface area contributed by atoms with Crippen LogP contribution in [0.2, 0.25) is 5.02 Å². The summed E-state index contributed by atoms with van der Waals surface area (Å²) < 4.78 is 34.6. The molecule has 6 N–H and O–H groups in total. The van der Waals surface area contributed by atoms with Crippen molar-refractivity contribution in [2.75, 3.05) is 78.5 Å². The number of nitrogens with zero attached hydrogens (tertiary/aromatic N) is 3. The molecule has 53 heavy (non-hydrogen) atoms. The van der Waals surface area contributed by atoms with Crippen molar-refractivity contribution in [3.05, 3.63) is 71.5 Å². The highest BCUT2D eigenvalue weighted by Gasteiger charge is 2.49. The van der Waals surface area contributed by atoms with E-state index in [4.69, 9.17) is 56.6 Å². The first-order valence-electron chi connectivity index (χ1n) is 17.9. The number of aromatic hydroxyl groups is 1. The fraction of sp³-hybridized carbons (Fsp3) is 0.487. The highest BCUT2D eigenvalue weighted by atomic mass is 35.5. The average molecular weight is 753 g/mol. The molecule has 1 saturated carbocycles. The van der Waals surface area contributed by atoms with E-state index in [1.165, 1.54) is 12.1 Å². The van der Waals surface area contributed by atoms with Crippen molar-refractivity contribution in [2.24, 2.45) is 21.9 Å². The van der Waals surface area contributed by atoms with Gasteiger partial charge >= 0.3 is 0 Å². The molecule has 0 bridgehead atoms. The van der Waals surface area contributed by atoms with E-state index in [2.05, 4.69) is 37.1 Å². The molecule has 1 fully saturated rings. The zero-order valence-corrected chi connectivity index (χ0v) is 31.9. The Balaban J connectivity index is 1.19. The number of amidine groups is 1. The molecule has 2 atom stereocenters.